The van der Waals surface area contributed by atoms with Crippen LogP contribution in [-0.2, 0) is 5.88 Å². The third-order valence-electron chi connectivity index (χ3n) is 3.44. The van der Waals surface area contributed by atoms with Gasteiger partial charge in [0.1, 0.15) is 11.5 Å². The molecule has 0 saturated carbocycles. The summed E-state index contributed by atoms with van der Waals surface area (Å²) in [4.78, 5) is 4.39. The monoisotopic (exact) mass is 289 g/mol. The molecule has 3 rings (SSSR count). The number of nitrogens with zero attached hydrogens (tertiary/aromatic N) is 1. The van der Waals surface area contributed by atoms with E-state index >= 15 is 0 Å². The molecule has 1 aromatic carbocycles. The maximum absolute atomic E-state index is 5.91. The molecule has 0 fully saturated rings. The van der Waals surface area contributed by atoms with E-state index in [4.69, 9.17) is 21.1 Å². The summed E-state index contributed by atoms with van der Waals surface area (Å²) in [5.41, 5.74) is 2.95. The van der Waals surface area contributed by atoms with Crippen molar-refractivity contribution in [3.8, 4) is 11.5 Å². The van der Waals surface area contributed by atoms with Gasteiger partial charge in [-0.3, -0.25) is 4.98 Å². The second-order valence-electron chi connectivity index (χ2n) is 4.89. The number of halogens is 1. The van der Waals surface area contributed by atoms with Crippen LogP contribution < -0.4 is 9.47 Å². The third kappa shape index (κ3) is 2.59. The lowest BCUT2D eigenvalue weighted by Crippen LogP contribution is -2.12. The van der Waals surface area contributed by atoms with E-state index in [-0.39, 0.29) is 5.92 Å². The summed E-state index contributed by atoms with van der Waals surface area (Å²) in [6.07, 6.45) is 0. The van der Waals surface area contributed by atoms with Crippen LogP contribution in [0.5, 0.6) is 11.5 Å². The minimum absolute atomic E-state index is 0.260. The van der Waals surface area contributed by atoms with E-state index < -0.39 is 0 Å². The minimum Gasteiger partial charge on any atom is -0.493 e. The van der Waals surface area contributed by atoms with Crippen molar-refractivity contribution in [2.45, 2.75) is 18.7 Å². The molecule has 3 nitrogen and oxygen atoms in total. The molecular formula is C16H16ClNO2. The van der Waals surface area contributed by atoms with Gasteiger partial charge in [-0.05, 0) is 25.1 Å². The lowest BCUT2D eigenvalue weighted by molar-refractivity contribution is 0.246. The van der Waals surface area contributed by atoms with Crippen molar-refractivity contribution in [1.29, 1.82) is 0 Å². The van der Waals surface area contributed by atoms with Crippen molar-refractivity contribution in [3.05, 3.63) is 53.3 Å². The van der Waals surface area contributed by atoms with Crippen LogP contribution in [-0.4, -0.2) is 18.2 Å². The number of benzene rings is 1. The molecule has 1 aliphatic rings. The first-order valence-electron chi connectivity index (χ1n) is 6.65. The molecule has 4 heteroatoms. The van der Waals surface area contributed by atoms with Crippen LogP contribution >= 0.6 is 11.6 Å². The molecule has 104 valence electrons. The number of hydrogen-bond donors (Lipinski definition) is 0. The number of aromatic nitrogens is 1. The molecule has 0 N–H and O–H groups in total. The summed E-state index contributed by atoms with van der Waals surface area (Å²) >= 11 is 5.91. The Morgan fingerprint density at radius 3 is 3.00 bits per heavy atom. The average molecular weight is 290 g/mol. The minimum atomic E-state index is 0.260. The number of hydrogen-bond acceptors (Lipinski definition) is 3. The van der Waals surface area contributed by atoms with Gasteiger partial charge in [0, 0.05) is 11.3 Å². The van der Waals surface area contributed by atoms with E-state index in [0.717, 1.165) is 22.9 Å². The van der Waals surface area contributed by atoms with Gasteiger partial charge < -0.3 is 9.47 Å². The molecule has 0 amide bonds. The Hall–Kier alpha value is -1.74. The Balaban J connectivity index is 1.72. The summed E-state index contributed by atoms with van der Waals surface area (Å²) in [5.74, 6) is 2.33. The number of pyridine rings is 1. The maximum Gasteiger partial charge on any atom is 0.142 e. The molecule has 0 spiro atoms. The van der Waals surface area contributed by atoms with Crippen LogP contribution in [0.15, 0.2) is 36.4 Å². The maximum atomic E-state index is 5.91. The molecule has 0 radical (unpaired) electrons. The molecule has 2 heterocycles. The third-order valence-corrected chi connectivity index (χ3v) is 3.69. The number of fused-ring (bicyclic) bond motifs is 1. The number of para-hydroxylation sites is 1. The second-order valence-corrected chi connectivity index (χ2v) is 5.16. The lowest BCUT2D eigenvalue weighted by Gasteiger charge is -2.13. The van der Waals surface area contributed by atoms with Gasteiger partial charge in [0.25, 0.3) is 0 Å². The van der Waals surface area contributed by atoms with E-state index in [1.807, 2.05) is 37.3 Å². The van der Waals surface area contributed by atoms with E-state index in [1.165, 1.54) is 5.56 Å². The Morgan fingerprint density at radius 1 is 1.30 bits per heavy atom. The molecule has 0 saturated heterocycles. The van der Waals surface area contributed by atoms with Gasteiger partial charge >= 0.3 is 0 Å². The van der Waals surface area contributed by atoms with Gasteiger partial charge in [-0.1, -0.05) is 18.2 Å². The molecule has 1 unspecified atom stereocenters. The molecule has 1 aromatic heterocycles. The fraction of sp³-hybridized carbons (Fsp3) is 0.312. The van der Waals surface area contributed by atoms with Crippen LogP contribution in [0.25, 0.3) is 0 Å². The topological polar surface area (TPSA) is 31.4 Å². The molecular weight excluding hydrogens is 274 g/mol. The van der Waals surface area contributed by atoms with Crippen LogP contribution in [0.1, 0.15) is 22.9 Å². The van der Waals surface area contributed by atoms with Crippen LogP contribution in [0.4, 0.5) is 0 Å². The molecule has 0 bridgehead atoms. The van der Waals surface area contributed by atoms with Crippen molar-refractivity contribution in [3.63, 3.8) is 0 Å². The summed E-state index contributed by atoms with van der Waals surface area (Å²) < 4.78 is 11.6. The van der Waals surface area contributed by atoms with Crippen molar-refractivity contribution >= 4 is 11.6 Å². The quantitative estimate of drug-likeness (QED) is 0.805. The fourth-order valence-electron chi connectivity index (χ4n) is 2.38. The summed E-state index contributed by atoms with van der Waals surface area (Å²) in [6.45, 7) is 3.18. The summed E-state index contributed by atoms with van der Waals surface area (Å²) in [7, 11) is 0. The standard InChI is InChI=1S/C16H16ClNO2/c1-11-6-7-16(14(8-17)18-11)20-10-12-9-19-15-5-3-2-4-13(12)15/h2-7,12H,8-10H2,1H3. The second kappa shape index (κ2) is 5.71. The number of rotatable bonds is 4. The Kier molecular flexibility index (Phi) is 3.79. The van der Waals surface area contributed by atoms with Crippen LogP contribution in [0.2, 0.25) is 0 Å². The zero-order valence-corrected chi connectivity index (χ0v) is 12.1. The van der Waals surface area contributed by atoms with Crippen LogP contribution in [0, 0.1) is 6.92 Å². The van der Waals surface area contributed by atoms with Crippen molar-refractivity contribution in [1.82, 2.24) is 4.98 Å². The van der Waals surface area contributed by atoms with Gasteiger partial charge in [0.2, 0.25) is 0 Å². The molecule has 2 aromatic rings. The van der Waals surface area contributed by atoms with Gasteiger partial charge in [-0.15, -0.1) is 11.6 Å². The first-order valence-corrected chi connectivity index (χ1v) is 7.18. The zero-order chi connectivity index (χ0) is 13.9. The number of ether oxygens (including phenoxy) is 2. The van der Waals surface area contributed by atoms with E-state index in [9.17, 15) is 0 Å². The molecule has 20 heavy (non-hydrogen) atoms. The first kappa shape index (κ1) is 13.3. The normalized spacial score (nSPS) is 16.6. The average Bonchev–Trinajstić information content (AvgIpc) is 2.89. The Morgan fingerprint density at radius 2 is 2.15 bits per heavy atom. The van der Waals surface area contributed by atoms with E-state index in [0.29, 0.717) is 19.1 Å². The molecule has 1 aliphatic heterocycles. The zero-order valence-electron chi connectivity index (χ0n) is 11.3. The van der Waals surface area contributed by atoms with Crippen molar-refractivity contribution < 1.29 is 9.47 Å². The van der Waals surface area contributed by atoms with Gasteiger partial charge in [0.05, 0.1) is 30.7 Å². The number of alkyl halides is 1. The highest BCUT2D eigenvalue weighted by Gasteiger charge is 2.24. The predicted molar refractivity (Wildman–Crippen MR) is 78.7 cm³/mol. The summed E-state index contributed by atoms with van der Waals surface area (Å²) in [5, 5.41) is 0. The molecule has 1 atom stereocenters. The van der Waals surface area contributed by atoms with Gasteiger partial charge in [-0.25, -0.2) is 0 Å². The van der Waals surface area contributed by atoms with Crippen LogP contribution in [0.3, 0.4) is 0 Å². The number of aryl methyl sites for hydroxylation is 1. The first-order chi connectivity index (χ1) is 9.78. The van der Waals surface area contributed by atoms with Crippen molar-refractivity contribution in [2.24, 2.45) is 0 Å². The fourth-order valence-corrected chi connectivity index (χ4v) is 2.57. The van der Waals surface area contributed by atoms with Gasteiger partial charge in [-0.2, -0.15) is 0 Å². The van der Waals surface area contributed by atoms with E-state index in [2.05, 4.69) is 11.1 Å². The predicted octanol–water partition coefficient (Wildman–Crippen LogP) is 3.68. The SMILES string of the molecule is Cc1ccc(OCC2COc3ccccc32)c(CCl)n1. The smallest absolute Gasteiger partial charge is 0.142 e. The largest absolute Gasteiger partial charge is 0.493 e. The highest BCUT2D eigenvalue weighted by atomic mass is 35.5. The van der Waals surface area contributed by atoms with Gasteiger partial charge in [0.15, 0.2) is 0 Å². The van der Waals surface area contributed by atoms with E-state index in [1.54, 1.807) is 0 Å². The summed E-state index contributed by atoms with van der Waals surface area (Å²) in [6, 6.07) is 12.0. The Labute approximate surface area is 123 Å². The highest BCUT2D eigenvalue weighted by molar-refractivity contribution is 6.17. The highest BCUT2D eigenvalue weighted by Crippen LogP contribution is 2.34. The molecule has 0 aliphatic carbocycles. The Bertz CT molecular complexity index is 615. The van der Waals surface area contributed by atoms with Crippen molar-refractivity contribution in [2.75, 3.05) is 13.2 Å². The lowest BCUT2D eigenvalue weighted by atomic mass is 10.0.